The molecule has 0 aliphatic rings. The molecule has 2 aromatic carbocycles. The van der Waals surface area contributed by atoms with Crippen LogP contribution >= 0.6 is 0 Å². The lowest BCUT2D eigenvalue weighted by Crippen LogP contribution is -1.93. The lowest BCUT2D eigenvalue weighted by atomic mass is 10.2. The standard InChI is InChI=1S/C17H16O4/c1-19-15-6-7-17-13(8-15)9-16(21-17)11-20-14-4-2-12(10-18)3-5-14/h2-9,18H,10-11H2,1H3. The zero-order valence-corrected chi connectivity index (χ0v) is 11.7. The molecule has 1 N–H and O–H groups in total. The average Bonchev–Trinajstić information content (AvgIpc) is 2.95. The monoisotopic (exact) mass is 284 g/mol. The summed E-state index contributed by atoms with van der Waals surface area (Å²) in [6.07, 6.45) is 0. The van der Waals surface area contributed by atoms with Crippen molar-refractivity contribution in [2.24, 2.45) is 0 Å². The van der Waals surface area contributed by atoms with E-state index >= 15 is 0 Å². The third-order valence-electron chi connectivity index (χ3n) is 3.26. The number of fused-ring (bicyclic) bond motifs is 1. The minimum atomic E-state index is 0.0334. The van der Waals surface area contributed by atoms with E-state index in [2.05, 4.69) is 0 Å². The maximum absolute atomic E-state index is 8.99. The van der Waals surface area contributed by atoms with Crippen LogP contribution < -0.4 is 9.47 Å². The number of hydrogen-bond acceptors (Lipinski definition) is 4. The molecule has 1 heterocycles. The molecular weight excluding hydrogens is 268 g/mol. The molecule has 0 saturated heterocycles. The summed E-state index contributed by atoms with van der Waals surface area (Å²) in [6, 6.07) is 14.9. The van der Waals surface area contributed by atoms with Crippen LogP contribution in [-0.4, -0.2) is 12.2 Å². The Hall–Kier alpha value is -2.46. The number of aliphatic hydroxyl groups excluding tert-OH is 1. The average molecular weight is 284 g/mol. The summed E-state index contributed by atoms with van der Waals surface area (Å²) >= 11 is 0. The molecule has 3 aromatic rings. The first-order valence-corrected chi connectivity index (χ1v) is 6.67. The molecule has 4 heteroatoms. The van der Waals surface area contributed by atoms with Gasteiger partial charge in [-0.2, -0.15) is 0 Å². The van der Waals surface area contributed by atoms with Crippen molar-refractivity contribution in [3.8, 4) is 11.5 Å². The normalized spacial score (nSPS) is 10.8. The number of aliphatic hydroxyl groups is 1. The fourth-order valence-corrected chi connectivity index (χ4v) is 2.12. The van der Waals surface area contributed by atoms with Gasteiger partial charge in [-0.25, -0.2) is 0 Å². The molecule has 1 aromatic heterocycles. The molecule has 0 amide bonds. The van der Waals surface area contributed by atoms with Gasteiger partial charge in [0, 0.05) is 5.39 Å². The van der Waals surface area contributed by atoms with Gasteiger partial charge in [0.1, 0.15) is 29.4 Å². The second-order valence-corrected chi connectivity index (χ2v) is 4.71. The number of ether oxygens (including phenoxy) is 2. The van der Waals surface area contributed by atoms with Gasteiger partial charge in [0.25, 0.3) is 0 Å². The van der Waals surface area contributed by atoms with Crippen molar-refractivity contribution in [1.82, 2.24) is 0 Å². The Balaban J connectivity index is 1.72. The van der Waals surface area contributed by atoms with Gasteiger partial charge in [0.15, 0.2) is 0 Å². The molecule has 21 heavy (non-hydrogen) atoms. The second kappa shape index (κ2) is 5.89. The zero-order chi connectivity index (χ0) is 14.7. The van der Waals surface area contributed by atoms with E-state index in [1.165, 1.54) is 0 Å². The van der Waals surface area contributed by atoms with Gasteiger partial charge < -0.3 is 19.0 Å². The lowest BCUT2D eigenvalue weighted by Gasteiger charge is -2.04. The van der Waals surface area contributed by atoms with E-state index in [0.717, 1.165) is 33.8 Å². The van der Waals surface area contributed by atoms with E-state index in [-0.39, 0.29) is 6.61 Å². The summed E-state index contributed by atoms with van der Waals surface area (Å²) < 4.78 is 16.6. The summed E-state index contributed by atoms with van der Waals surface area (Å²) in [7, 11) is 1.64. The third-order valence-corrected chi connectivity index (χ3v) is 3.26. The highest BCUT2D eigenvalue weighted by molar-refractivity contribution is 5.79. The highest BCUT2D eigenvalue weighted by Crippen LogP contribution is 2.25. The van der Waals surface area contributed by atoms with Crippen molar-refractivity contribution >= 4 is 11.0 Å². The molecule has 108 valence electrons. The number of rotatable bonds is 5. The van der Waals surface area contributed by atoms with Crippen molar-refractivity contribution in [1.29, 1.82) is 0 Å². The van der Waals surface area contributed by atoms with Gasteiger partial charge in [-0.1, -0.05) is 12.1 Å². The van der Waals surface area contributed by atoms with Crippen molar-refractivity contribution in [2.45, 2.75) is 13.2 Å². The molecule has 0 atom stereocenters. The predicted octanol–water partition coefficient (Wildman–Crippen LogP) is 3.51. The van der Waals surface area contributed by atoms with Crippen LogP contribution in [0.25, 0.3) is 11.0 Å². The van der Waals surface area contributed by atoms with E-state index in [1.807, 2.05) is 48.5 Å². The number of furan rings is 1. The molecular formula is C17H16O4. The molecule has 0 aliphatic heterocycles. The molecule has 0 saturated carbocycles. The van der Waals surface area contributed by atoms with E-state index < -0.39 is 0 Å². The molecule has 0 fully saturated rings. The fourth-order valence-electron chi connectivity index (χ4n) is 2.12. The number of methoxy groups -OCH3 is 1. The first-order valence-electron chi connectivity index (χ1n) is 6.67. The van der Waals surface area contributed by atoms with Crippen LogP contribution in [0.15, 0.2) is 52.9 Å². The first-order chi connectivity index (χ1) is 10.3. The highest BCUT2D eigenvalue weighted by Gasteiger charge is 2.06. The predicted molar refractivity (Wildman–Crippen MR) is 79.5 cm³/mol. The van der Waals surface area contributed by atoms with Crippen molar-refractivity contribution < 1.29 is 19.0 Å². The number of hydrogen-bond donors (Lipinski definition) is 1. The topological polar surface area (TPSA) is 51.8 Å². The van der Waals surface area contributed by atoms with Crippen LogP contribution in [-0.2, 0) is 13.2 Å². The van der Waals surface area contributed by atoms with Crippen LogP contribution in [0.2, 0.25) is 0 Å². The van der Waals surface area contributed by atoms with E-state index in [4.69, 9.17) is 19.0 Å². The van der Waals surface area contributed by atoms with Gasteiger partial charge in [-0.3, -0.25) is 0 Å². The molecule has 0 radical (unpaired) electrons. The summed E-state index contributed by atoms with van der Waals surface area (Å²) in [5.41, 5.74) is 1.67. The largest absolute Gasteiger partial charge is 0.497 e. The molecule has 0 aliphatic carbocycles. The Morgan fingerprint density at radius 1 is 1.00 bits per heavy atom. The highest BCUT2D eigenvalue weighted by atomic mass is 16.5. The smallest absolute Gasteiger partial charge is 0.146 e. The van der Waals surface area contributed by atoms with Crippen LogP contribution in [0.4, 0.5) is 0 Å². The van der Waals surface area contributed by atoms with Crippen molar-refractivity contribution in [2.75, 3.05) is 7.11 Å². The van der Waals surface area contributed by atoms with Gasteiger partial charge in [0.2, 0.25) is 0 Å². The van der Waals surface area contributed by atoms with Crippen LogP contribution in [0.3, 0.4) is 0 Å². The lowest BCUT2D eigenvalue weighted by molar-refractivity contribution is 0.272. The van der Waals surface area contributed by atoms with Gasteiger partial charge in [-0.05, 0) is 42.0 Å². The van der Waals surface area contributed by atoms with Gasteiger partial charge >= 0.3 is 0 Å². The zero-order valence-electron chi connectivity index (χ0n) is 11.7. The summed E-state index contributed by atoms with van der Waals surface area (Å²) in [5.74, 6) is 2.30. The molecule has 0 spiro atoms. The Morgan fingerprint density at radius 2 is 1.76 bits per heavy atom. The van der Waals surface area contributed by atoms with E-state index in [1.54, 1.807) is 7.11 Å². The fraction of sp³-hybridized carbons (Fsp3) is 0.176. The van der Waals surface area contributed by atoms with Crippen molar-refractivity contribution in [3.05, 3.63) is 59.9 Å². The molecule has 3 rings (SSSR count). The Morgan fingerprint density at radius 3 is 2.48 bits per heavy atom. The minimum absolute atomic E-state index is 0.0334. The maximum atomic E-state index is 8.99. The maximum Gasteiger partial charge on any atom is 0.146 e. The summed E-state index contributed by atoms with van der Waals surface area (Å²) in [6.45, 7) is 0.390. The van der Waals surface area contributed by atoms with Crippen LogP contribution in [0.5, 0.6) is 11.5 Å². The van der Waals surface area contributed by atoms with Crippen LogP contribution in [0.1, 0.15) is 11.3 Å². The molecule has 0 bridgehead atoms. The Bertz CT molecular complexity index is 728. The van der Waals surface area contributed by atoms with Crippen molar-refractivity contribution in [3.63, 3.8) is 0 Å². The molecule has 4 nitrogen and oxygen atoms in total. The Kier molecular flexibility index (Phi) is 3.79. The van der Waals surface area contributed by atoms with Crippen LogP contribution in [0, 0.1) is 0 Å². The summed E-state index contributed by atoms with van der Waals surface area (Å²) in [5, 5.41) is 9.98. The number of benzene rings is 2. The van der Waals surface area contributed by atoms with Gasteiger partial charge in [-0.15, -0.1) is 0 Å². The van der Waals surface area contributed by atoms with E-state index in [0.29, 0.717) is 6.61 Å². The third kappa shape index (κ3) is 3.01. The van der Waals surface area contributed by atoms with E-state index in [9.17, 15) is 0 Å². The molecule has 0 unspecified atom stereocenters. The second-order valence-electron chi connectivity index (χ2n) is 4.71. The first kappa shape index (κ1) is 13.5. The minimum Gasteiger partial charge on any atom is -0.497 e. The van der Waals surface area contributed by atoms with Gasteiger partial charge in [0.05, 0.1) is 13.7 Å². The Labute approximate surface area is 122 Å². The summed E-state index contributed by atoms with van der Waals surface area (Å²) in [4.78, 5) is 0. The SMILES string of the molecule is COc1ccc2oc(COc3ccc(CO)cc3)cc2c1. The quantitative estimate of drug-likeness (QED) is 0.779.